The first-order valence-corrected chi connectivity index (χ1v) is 12.2. The molecule has 0 aromatic heterocycles. The van der Waals surface area contributed by atoms with Crippen LogP contribution in [0.5, 0.6) is 0 Å². The minimum absolute atomic E-state index is 0. The number of nitrogens with zero attached hydrogens (tertiary/aromatic N) is 1. The number of rotatable bonds is 20. The van der Waals surface area contributed by atoms with Crippen molar-refractivity contribution in [1.29, 1.82) is 0 Å². The van der Waals surface area contributed by atoms with Crippen LogP contribution in [-0.4, -0.2) is 79.0 Å². The Morgan fingerprint density at radius 1 is 1.00 bits per heavy atom. The second-order valence-electron chi connectivity index (χ2n) is 8.81. The van der Waals surface area contributed by atoms with Crippen molar-refractivity contribution in [3.63, 3.8) is 0 Å². The number of hydrogen-bond donors (Lipinski definition) is 2. The number of carbonyl (C=O) groups is 1. The highest BCUT2D eigenvalue weighted by Crippen LogP contribution is 2.36. The molecule has 0 aromatic rings. The van der Waals surface area contributed by atoms with E-state index in [0.717, 1.165) is 32.3 Å². The maximum atomic E-state index is 11.0. The summed E-state index contributed by atoms with van der Waals surface area (Å²) >= 11 is 0. The fourth-order valence-electron chi connectivity index (χ4n) is 3.03. The van der Waals surface area contributed by atoms with Crippen molar-refractivity contribution < 1.29 is 38.5 Å². The summed E-state index contributed by atoms with van der Waals surface area (Å²) in [5.74, 6) is -0.943. The Labute approximate surface area is 184 Å². The molecule has 0 heterocycles. The largest absolute Gasteiger partial charge is 0.870 e. The van der Waals surface area contributed by atoms with Crippen LogP contribution < -0.4 is 0 Å². The molecule has 0 amide bonds. The quantitative estimate of drug-likeness (QED) is 0.157. The van der Waals surface area contributed by atoms with Gasteiger partial charge in [0.1, 0.15) is 12.6 Å². The normalized spacial score (nSPS) is 14.7. The van der Waals surface area contributed by atoms with E-state index in [1.54, 1.807) is 0 Å². The third-order valence-electron chi connectivity index (χ3n) is 4.50. The van der Waals surface area contributed by atoms with Crippen LogP contribution in [0.25, 0.3) is 0 Å². The van der Waals surface area contributed by atoms with Gasteiger partial charge in [-0.2, -0.15) is 0 Å². The lowest BCUT2D eigenvalue weighted by Gasteiger charge is -2.29. The molecule has 0 radical (unpaired) electrons. The summed E-state index contributed by atoms with van der Waals surface area (Å²) < 4.78 is 17.2. The Kier molecular flexibility index (Phi) is 20.5. The van der Waals surface area contributed by atoms with Crippen LogP contribution in [0.15, 0.2) is 0 Å². The molecule has 0 saturated carbocycles. The lowest BCUT2D eigenvalue weighted by Crippen LogP contribution is -2.42. The van der Waals surface area contributed by atoms with Gasteiger partial charge in [-0.15, -0.1) is 0 Å². The SMILES string of the molecule is CCCCCCCC(C)OCCCCCOP(O)OC(CC(=O)O)C[N+](C)(C)C.[OH-]. The molecule has 0 bridgehead atoms. The van der Waals surface area contributed by atoms with E-state index in [1.807, 2.05) is 21.1 Å². The number of quaternary nitrogens is 1. The number of ether oxygens (including phenoxy) is 1. The second kappa shape index (κ2) is 19.4. The Bertz CT molecular complexity index is 407. The van der Waals surface area contributed by atoms with Crippen LogP contribution in [-0.2, 0) is 18.6 Å². The van der Waals surface area contributed by atoms with Gasteiger partial charge in [-0.25, -0.2) is 0 Å². The van der Waals surface area contributed by atoms with E-state index in [1.165, 1.54) is 32.1 Å². The fraction of sp³-hybridized carbons (Fsp3) is 0.952. The van der Waals surface area contributed by atoms with E-state index in [2.05, 4.69) is 13.8 Å². The van der Waals surface area contributed by atoms with Crippen LogP contribution in [0.1, 0.15) is 78.1 Å². The Morgan fingerprint density at radius 2 is 1.60 bits per heavy atom. The van der Waals surface area contributed by atoms with Gasteiger partial charge in [-0.05, 0) is 32.6 Å². The molecule has 9 heteroatoms. The molecule has 0 fully saturated rings. The van der Waals surface area contributed by atoms with E-state index < -0.39 is 20.7 Å². The molecule has 0 rings (SSSR count). The lowest BCUT2D eigenvalue weighted by atomic mass is 10.1. The summed E-state index contributed by atoms with van der Waals surface area (Å²) in [4.78, 5) is 20.9. The van der Waals surface area contributed by atoms with Crippen LogP contribution >= 0.6 is 8.60 Å². The van der Waals surface area contributed by atoms with Crippen molar-refractivity contribution >= 4 is 14.6 Å². The van der Waals surface area contributed by atoms with E-state index >= 15 is 0 Å². The van der Waals surface area contributed by atoms with Crippen molar-refractivity contribution in [2.24, 2.45) is 0 Å². The number of unbranched alkanes of at least 4 members (excludes halogenated alkanes) is 6. The summed E-state index contributed by atoms with van der Waals surface area (Å²) in [6.07, 6.45) is 9.95. The summed E-state index contributed by atoms with van der Waals surface area (Å²) in [7, 11) is 3.80. The average molecular weight is 456 g/mol. The molecule has 3 N–H and O–H groups in total. The molecule has 3 unspecified atom stereocenters. The molecule has 0 aliphatic carbocycles. The Morgan fingerprint density at radius 3 is 2.20 bits per heavy atom. The molecule has 3 atom stereocenters. The van der Waals surface area contributed by atoms with Crippen molar-refractivity contribution in [3.8, 4) is 0 Å². The predicted octanol–water partition coefficient (Wildman–Crippen LogP) is 4.55. The topological polar surface area (TPSA) is 115 Å². The zero-order valence-electron chi connectivity index (χ0n) is 19.7. The van der Waals surface area contributed by atoms with E-state index in [9.17, 15) is 9.69 Å². The van der Waals surface area contributed by atoms with Crippen LogP contribution in [0.4, 0.5) is 0 Å². The van der Waals surface area contributed by atoms with E-state index in [0.29, 0.717) is 23.7 Å². The highest BCUT2D eigenvalue weighted by Gasteiger charge is 2.25. The maximum Gasteiger partial charge on any atom is 0.330 e. The predicted molar refractivity (Wildman–Crippen MR) is 120 cm³/mol. The van der Waals surface area contributed by atoms with Gasteiger partial charge in [-0.1, -0.05) is 39.0 Å². The van der Waals surface area contributed by atoms with Gasteiger partial charge in [0, 0.05) is 6.61 Å². The first-order valence-electron chi connectivity index (χ1n) is 11.1. The Balaban J connectivity index is 0. The van der Waals surface area contributed by atoms with Crippen molar-refractivity contribution in [3.05, 3.63) is 0 Å². The molecule has 0 aromatic carbocycles. The first kappa shape index (κ1) is 31.8. The second-order valence-corrected chi connectivity index (χ2v) is 9.76. The highest BCUT2D eigenvalue weighted by atomic mass is 31.2. The molecule has 0 aliphatic rings. The molecular formula is C21H46NO7P. The molecule has 0 saturated heterocycles. The van der Waals surface area contributed by atoms with Gasteiger partial charge in [-0.3, -0.25) is 4.79 Å². The summed E-state index contributed by atoms with van der Waals surface area (Å²) in [5, 5.41) is 9.00. The average Bonchev–Trinajstić information content (AvgIpc) is 2.58. The van der Waals surface area contributed by atoms with Crippen molar-refractivity contribution in [2.75, 3.05) is 40.9 Å². The zero-order valence-corrected chi connectivity index (χ0v) is 20.6. The van der Waals surface area contributed by atoms with E-state index in [4.69, 9.17) is 18.9 Å². The summed E-state index contributed by atoms with van der Waals surface area (Å²) in [5.41, 5.74) is 0. The van der Waals surface area contributed by atoms with Gasteiger partial charge in [0.25, 0.3) is 0 Å². The molecule has 182 valence electrons. The van der Waals surface area contributed by atoms with Gasteiger partial charge >= 0.3 is 14.6 Å². The maximum absolute atomic E-state index is 11.0. The first-order chi connectivity index (χ1) is 13.6. The molecule has 30 heavy (non-hydrogen) atoms. The van der Waals surface area contributed by atoms with Crippen LogP contribution in [0.3, 0.4) is 0 Å². The standard InChI is InChI=1S/C21H44NO6P.H2O/c1-6-7-8-9-11-14-19(2)26-15-12-10-13-16-27-29(25)28-20(17-21(23)24)18-22(3,4)5;/h19-20,25H,6-18H2,1-5H3;1H2. The number of likely N-dealkylation sites (N-methyl/N-ethyl adjacent to an activating group) is 1. The number of carboxylic acids is 1. The van der Waals surface area contributed by atoms with Gasteiger partial charge < -0.3 is 33.7 Å². The molecule has 0 aliphatic heterocycles. The van der Waals surface area contributed by atoms with Crippen LogP contribution in [0.2, 0.25) is 0 Å². The third kappa shape index (κ3) is 22.3. The third-order valence-corrected chi connectivity index (χ3v) is 5.38. The van der Waals surface area contributed by atoms with E-state index in [-0.39, 0.29) is 11.9 Å². The minimum atomic E-state index is -2.05. The molecule has 0 spiro atoms. The van der Waals surface area contributed by atoms with Gasteiger partial charge in [0.15, 0.2) is 0 Å². The van der Waals surface area contributed by atoms with Gasteiger partial charge in [0.05, 0.1) is 40.3 Å². The zero-order chi connectivity index (χ0) is 22.1. The lowest BCUT2D eigenvalue weighted by molar-refractivity contribution is -0.873. The van der Waals surface area contributed by atoms with Crippen molar-refractivity contribution in [1.82, 2.24) is 0 Å². The van der Waals surface area contributed by atoms with Crippen molar-refractivity contribution in [2.45, 2.75) is 90.3 Å². The number of aliphatic carboxylic acids is 1. The summed E-state index contributed by atoms with van der Waals surface area (Å²) in [6.45, 7) is 6.02. The minimum Gasteiger partial charge on any atom is -0.870 e. The molecular weight excluding hydrogens is 409 g/mol. The summed E-state index contributed by atoms with van der Waals surface area (Å²) in [6, 6.07) is 0. The smallest absolute Gasteiger partial charge is 0.330 e. The van der Waals surface area contributed by atoms with Gasteiger partial charge in [0.2, 0.25) is 0 Å². The monoisotopic (exact) mass is 455 g/mol. The number of carboxylic acid groups (broad SMARTS) is 1. The van der Waals surface area contributed by atoms with Crippen LogP contribution in [0, 0.1) is 0 Å². The Hall–Kier alpha value is -0.340. The number of hydrogen-bond acceptors (Lipinski definition) is 6. The fourth-order valence-corrected chi connectivity index (χ4v) is 3.77. The highest BCUT2D eigenvalue weighted by molar-refractivity contribution is 7.40. The molecule has 8 nitrogen and oxygen atoms in total.